The summed E-state index contributed by atoms with van der Waals surface area (Å²) in [5.74, 6) is 1.39. The molecule has 0 radical (unpaired) electrons. The fraction of sp³-hybridized carbons (Fsp3) is 0.143. The van der Waals surface area contributed by atoms with Crippen LogP contribution in [0.25, 0.3) is 0 Å². The zero-order valence-corrected chi connectivity index (χ0v) is 11.3. The highest BCUT2D eigenvalue weighted by Gasteiger charge is 2.22. The fourth-order valence-corrected chi connectivity index (χ4v) is 2.21. The van der Waals surface area contributed by atoms with E-state index in [1.807, 2.05) is 0 Å². The number of rotatable bonds is 3. The van der Waals surface area contributed by atoms with E-state index in [0.717, 1.165) is 17.7 Å². The zero-order valence-electron chi connectivity index (χ0n) is 10.6. The quantitative estimate of drug-likeness (QED) is 0.516. The second-order valence-corrected chi connectivity index (χ2v) is 4.80. The van der Waals surface area contributed by atoms with Crippen LogP contribution in [0.3, 0.4) is 0 Å². The first kappa shape index (κ1) is 14.8. The van der Waals surface area contributed by atoms with E-state index in [9.17, 15) is 13.2 Å². The van der Waals surface area contributed by atoms with Gasteiger partial charge in [0.25, 0.3) is 0 Å². The van der Waals surface area contributed by atoms with Gasteiger partial charge in [-0.2, -0.15) is 0 Å². The molecule has 0 bridgehead atoms. The molecule has 0 saturated heterocycles. The lowest BCUT2D eigenvalue weighted by Gasteiger charge is -2.20. The van der Waals surface area contributed by atoms with Gasteiger partial charge in [-0.05, 0) is 36.2 Å². The summed E-state index contributed by atoms with van der Waals surface area (Å²) in [5, 5.41) is 0.439. The molecule has 2 aromatic rings. The van der Waals surface area contributed by atoms with Gasteiger partial charge in [0.2, 0.25) is 0 Å². The van der Waals surface area contributed by atoms with E-state index in [2.05, 4.69) is 5.43 Å². The topological polar surface area (TPSA) is 38.0 Å². The van der Waals surface area contributed by atoms with Crippen LogP contribution in [0.5, 0.6) is 0 Å². The van der Waals surface area contributed by atoms with Crippen molar-refractivity contribution in [1.29, 1.82) is 0 Å². The second-order valence-electron chi connectivity index (χ2n) is 4.37. The summed E-state index contributed by atoms with van der Waals surface area (Å²) in [7, 11) is 0. The van der Waals surface area contributed by atoms with Crippen LogP contribution >= 0.6 is 11.6 Å². The SMILES string of the molecule is Cc1ccc(Cl)cc1C(NN)c1ccc(F)c(F)c1F. The minimum Gasteiger partial charge on any atom is -0.271 e. The molecule has 0 saturated carbocycles. The van der Waals surface area contributed by atoms with Gasteiger partial charge in [-0.25, -0.2) is 18.6 Å². The number of hydrogen-bond acceptors (Lipinski definition) is 2. The molecule has 0 amide bonds. The molecule has 0 aliphatic carbocycles. The summed E-state index contributed by atoms with van der Waals surface area (Å²) in [6.07, 6.45) is 0. The van der Waals surface area contributed by atoms with Crippen molar-refractivity contribution >= 4 is 11.6 Å². The molecule has 1 unspecified atom stereocenters. The minimum atomic E-state index is -1.53. The molecule has 0 spiro atoms. The summed E-state index contributed by atoms with van der Waals surface area (Å²) >= 11 is 5.91. The molecule has 0 fully saturated rings. The Hall–Kier alpha value is -1.56. The predicted molar refractivity (Wildman–Crippen MR) is 71.7 cm³/mol. The summed E-state index contributed by atoms with van der Waals surface area (Å²) in [6, 6.07) is 6.19. The van der Waals surface area contributed by atoms with Crippen LogP contribution in [0.15, 0.2) is 30.3 Å². The first-order chi connectivity index (χ1) is 9.45. The van der Waals surface area contributed by atoms with Gasteiger partial charge in [0, 0.05) is 10.6 Å². The van der Waals surface area contributed by atoms with Crippen LogP contribution < -0.4 is 11.3 Å². The van der Waals surface area contributed by atoms with E-state index in [1.54, 1.807) is 25.1 Å². The number of hydrazine groups is 1. The van der Waals surface area contributed by atoms with Gasteiger partial charge in [0.15, 0.2) is 17.5 Å². The molecule has 0 heterocycles. The molecule has 0 aliphatic heterocycles. The maximum atomic E-state index is 13.9. The third kappa shape index (κ3) is 2.65. The van der Waals surface area contributed by atoms with E-state index in [4.69, 9.17) is 17.4 Å². The first-order valence-electron chi connectivity index (χ1n) is 5.81. The molecule has 1 atom stereocenters. The Bertz CT molecular complexity index is 647. The summed E-state index contributed by atoms with van der Waals surface area (Å²) in [6.45, 7) is 1.79. The van der Waals surface area contributed by atoms with Crippen LogP contribution in [0.4, 0.5) is 13.2 Å². The average molecular weight is 301 g/mol. The highest BCUT2D eigenvalue weighted by Crippen LogP contribution is 2.29. The Balaban J connectivity index is 2.58. The molecule has 106 valence electrons. The number of aryl methyl sites for hydroxylation is 1. The summed E-state index contributed by atoms with van der Waals surface area (Å²) < 4.78 is 40.2. The van der Waals surface area contributed by atoms with Crippen LogP contribution in [0, 0.1) is 24.4 Å². The van der Waals surface area contributed by atoms with Crippen molar-refractivity contribution in [2.24, 2.45) is 5.84 Å². The number of hydrogen-bond donors (Lipinski definition) is 2. The predicted octanol–water partition coefficient (Wildman–Crippen LogP) is 3.62. The van der Waals surface area contributed by atoms with E-state index >= 15 is 0 Å². The molecular weight excluding hydrogens is 289 g/mol. The number of benzene rings is 2. The van der Waals surface area contributed by atoms with E-state index in [-0.39, 0.29) is 5.56 Å². The lowest BCUT2D eigenvalue weighted by Crippen LogP contribution is -2.30. The third-order valence-corrected chi connectivity index (χ3v) is 3.33. The fourth-order valence-electron chi connectivity index (χ4n) is 2.03. The molecule has 20 heavy (non-hydrogen) atoms. The van der Waals surface area contributed by atoms with Crippen LogP contribution in [-0.2, 0) is 0 Å². The van der Waals surface area contributed by atoms with Crippen molar-refractivity contribution in [2.45, 2.75) is 13.0 Å². The highest BCUT2D eigenvalue weighted by atomic mass is 35.5. The highest BCUT2D eigenvalue weighted by molar-refractivity contribution is 6.30. The van der Waals surface area contributed by atoms with E-state index in [1.165, 1.54) is 0 Å². The van der Waals surface area contributed by atoms with Crippen LogP contribution in [-0.4, -0.2) is 0 Å². The second kappa shape index (κ2) is 5.83. The molecule has 0 aromatic heterocycles. The van der Waals surface area contributed by atoms with E-state index < -0.39 is 23.5 Å². The van der Waals surface area contributed by atoms with Gasteiger partial charge in [-0.15, -0.1) is 0 Å². The smallest absolute Gasteiger partial charge is 0.194 e. The standard InChI is InChI=1S/C14H12ClF3N2/c1-7-2-3-8(15)6-10(7)14(20-19)9-4-5-11(16)13(18)12(9)17/h2-6,14,20H,19H2,1H3. The van der Waals surface area contributed by atoms with Crippen molar-refractivity contribution in [3.05, 3.63) is 69.5 Å². The minimum absolute atomic E-state index is 0.0863. The lowest BCUT2D eigenvalue weighted by atomic mass is 9.95. The Morgan fingerprint density at radius 3 is 2.40 bits per heavy atom. The number of nitrogens with one attached hydrogen (secondary N) is 1. The summed E-state index contributed by atoms with van der Waals surface area (Å²) in [4.78, 5) is 0. The molecular formula is C14H12ClF3N2. The number of halogens is 4. The van der Waals surface area contributed by atoms with Crippen molar-refractivity contribution < 1.29 is 13.2 Å². The Kier molecular flexibility index (Phi) is 4.32. The maximum absolute atomic E-state index is 13.9. The first-order valence-corrected chi connectivity index (χ1v) is 6.19. The largest absolute Gasteiger partial charge is 0.271 e. The molecule has 2 aromatic carbocycles. The molecule has 3 N–H and O–H groups in total. The average Bonchev–Trinajstić information content (AvgIpc) is 2.43. The van der Waals surface area contributed by atoms with Crippen LogP contribution in [0.2, 0.25) is 5.02 Å². The van der Waals surface area contributed by atoms with Gasteiger partial charge in [0.1, 0.15) is 0 Å². The van der Waals surface area contributed by atoms with Crippen molar-refractivity contribution in [1.82, 2.24) is 5.43 Å². The Morgan fingerprint density at radius 1 is 1.05 bits per heavy atom. The molecule has 2 rings (SSSR count). The zero-order chi connectivity index (χ0) is 14.9. The summed E-state index contributed by atoms with van der Waals surface area (Å²) in [5.41, 5.74) is 3.70. The lowest BCUT2D eigenvalue weighted by molar-refractivity contribution is 0.433. The van der Waals surface area contributed by atoms with Crippen molar-refractivity contribution in [3.8, 4) is 0 Å². The van der Waals surface area contributed by atoms with Gasteiger partial charge in [0.05, 0.1) is 6.04 Å². The van der Waals surface area contributed by atoms with E-state index in [0.29, 0.717) is 10.6 Å². The van der Waals surface area contributed by atoms with Crippen molar-refractivity contribution in [3.63, 3.8) is 0 Å². The Morgan fingerprint density at radius 2 is 1.75 bits per heavy atom. The van der Waals surface area contributed by atoms with Crippen molar-refractivity contribution in [2.75, 3.05) is 0 Å². The Labute approximate surface area is 119 Å². The van der Waals surface area contributed by atoms with Gasteiger partial charge in [-0.3, -0.25) is 5.84 Å². The molecule has 0 aliphatic rings. The third-order valence-electron chi connectivity index (χ3n) is 3.10. The maximum Gasteiger partial charge on any atom is 0.194 e. The molecule has 6 heteroatoms. The van der Waals surface area contributed by atoms with Gasteiger partial charge in [-0.1, -0.05) is 23.7 Å². The molecule has 2 nitrogen and oxygen atoms in total. The van der Waals surface area contributed by atoms with Crippen LogP contribution in [0.1, 0.15) is 22.7 Å². The monoisotopic (exact) mass is 300 g/mol. The van der Waals surface area contributed by atoms with Gasteiger partial charge < -0.3 is 0 Å². The van der Waals surface area contributed by atoms with Gasteiger partial charge >= 0.3 is 0 Å². The normalized spacial score (nSPS) is 12.5. The number of nitrogens with two attached hydrogens (primary N) is 1.